The van der Waals surface area contributed by atoms with Crippen LogP contribution < -0.4 is 11.5 Å². The predicted molar refractivity (Wildman–Crippen MR) is 46.4 cm³/mol. The van der Waals surface area contributed by atoms with Crippen molar-refractivity contribution in [3.8, 4) is 0 Å². The molecule has 1 unspecified atom stereocenters. The maximum absolute atomic E-state index is 12.2. The van der Waals surface area contributed by atoms with Gasteiger partial charge in [-0.3, -0.25) is 0 Å². The zero-order valence-corrected chi connectivity index (χ0v) is 7.47. The van der Waals surface area contributed by atoms with Gasteiger partial charge >= 0.3 is 6.18 Å². The van der Waals surface area contributed by atoms with Crippen LogP contribution in [0.1, 0.15) is 17.2 Å². The van der Waals surface area contributed by atoms with Crippen LogP contribution in [0.15, 0.2) is 12.3 Å². The van der Waals surface area contributed by atoms with Gasteiger partial charge in [0.1, 0.15) is 11.9 Å². The molecule has 1 atom stereocenters. The van der Waals surface area contributed by atoms with Gasteiger partial charge in [-0.15, -0.1) is 0 Å². The van der Waals surface area contributed by atoms with Crippen molar-refractivity contribution < 1.29 is 13.2 Å². The van der Waals surface area contributed by atoms with Crippen molar-refractivity contribution in [2.45, 2.75) is 19.1 Å². The summed E-state index contributed by atoms with van der Waals surface area (Å²) in [5.41, 5.74) is 10.7. The van der Waals surface area contributed by atoms with Crippen LogP contribution in [-0.2, 0) is 0 Å². The van der Waals surface area contributed by atoms with E-state index in [2.05, 4.69) is 4.98 Å². The summed E-state index contributed by atoms with van der Waals surface area (Å²) in [5.74, 6) is 0.181. The van der Waals surface area contributed by atoms with Gasteiger partial charge in [0.05, 0.1) is 0 Å². The van der Waals surface area contributed by atoms with Gasteiger partial charge in [-0.25, -0.2) is 4.98 Å². The molecule has 0 bridgehead atoms. The highest BCUT2D eigenvalue weighted by atomic mass is 19.4. The van der Waals surface area contributed by atoms with Gasteiger partial charge in [0.2, 0.25) is 0 Å². The second-order valence-corrected chi connectivity index (χ2v) is 2.99. The molecule has 0 radical (unpaired) electrons. The summed E-state index contributed by atoms with van der Waals surface area (Å²) in [5, 5.41) is 0. The van der Waals surface area contributed by atoms with Crippen molar-refractivity contribution >= 4 is 5.82 Å². The Balaban J connectivity index is 3.08. The lowest BCUT2D eigenvalue weighted by Gasteiger charge is -2.17. The van der Waals surface area contributed by atoms with Crippen LogP contribution in [0.2, 0.25) is 0 Å². The van der Waals surface area contributed by atoms with Crippen LogP contribution in [0.25, 0.3) is 0 Å². The highest BCUT2D eigenvalue weighted by Gasteiger charge is 2.38. The minimum absolute atomic E-state index is 0.0494. The molecule has 3 nitrogen and oxygen atoms in total. The lowest BCUT2D eigenvalue weighted by atomic mass is 10.0. The van der Waals surface area contributed by atoms with Gasteiger partial charge < -0.3 is 11.5 Å². The largest absolute Gasteiger partial charge is 0.407 e. The summed E-state index contributed by atoms with van der Waals surface area (Å²) in [7, 11) is 0. The Morgan fingerprint density at radius 2 is 2.00 bits per heavy atom. The van der Waals surface area contributed by atoms with E-state index in [0.29, 0.717) is 5.56 Å². The molecule has 1 aromatic heterocycles. The molecule has 78 valence electrons. The van der Waals surface area contributed by atoms with Gasteiger partial charge in [0.25, 0.3) is 0 Å². The van der Waals surface area contributed by atoms with Crippen molar-refractivity contribution in [3.05, 3.63) is 23.4 Å². The Kier molecular flexibility index (Phi) is 2.66. The fourth-order valence-electron chi connectivity index (χ4n) is 1.09. The molecule has 0 saturated carbocycles. The second kappa shape index (κ2) is 3.45. The molecule has 4 N–H and O–H groups in total. The Morgan fingerprint density at radius 3 is 2.43 bits per heavy atom. The van der Waals surface area contributed by atoms with E-state index in [1.165, 1.54) is 13.0 Å². The number of hydrogen-bond acceptors (Lipinski definition) is 3. The summed E-state index contributed by atoms with van der Waals surface area (Å²) in [6, 6.07) is -0.642. The smallest absolute Gasteiger partial charge is 0.384 e. The van der Waals surface area contributed by atoms with Crippen molar-refractivity contribution in [1.29, 1.82) is 0 Å². The number of aromatic nitrogens is 1. The van der Waals surface area contributed by atoms with Crippen molar-refractivity contribution in [3.63, 3.8) is 0 Å². The third-order valence-electron chi connectivity index (χ3n) is 1.86. The molecular formula is C8H10F3N3. The molecule has 1 aromatic rings. The van der Waals surface area contributed by atoms with Gasteiger partial charge in [0, 0.05) is 6.20 Å². The number of hydrogen-bond donors (Lipinski definition) is 2. The van der Waals surface area contributed by atoms with E-state index in [0.717, 1.165) is 6.20 Å². The highest BCUT2D eigenvalue weighted by molar-refractivity contribution is 5.37. The first-order valence-electron chi connectivity index (χ1n) is 3.86. The molecule has 1 heterocycles. The van der Waals surface area contributed by atoms with E-state index in [-0.39, 0.29) is 11.4 Å². The molecule has 0 amide bonds. The van der Waals surface area contributed by atoms with E-state index in [9.17, 15) is 13.2 Å². The number of nitrogens with zero attached hydrogens (tertiary/aromatic N) is 1. The maximum Gasteiger partial charge on any atom is 0.407 e. The molecule has 0 aromatic carbocycles. The topological polar surface area (TPSA) is 64.9 Å². The minimum atomic E-state index is -4.46. The first kappa shape index (κ1) is 10.8. The van der Waals surface area contributed by atoms with E-state index in [4.69, 9.17) is 11.5 Å². The van der Waals surface area contributed by atoms with Crippen molar-refractivity contribution in [2.24, 2.45) is 5.73 Å². The fraction of sp³-hybridized carbons (Fsp3) is 0.375. The monoisotopic (exact) mass is 205 g/mol. The van der Waals surface area contributed by atoms with Crippen LogP contribution in [0, 0.1) is 6.92 Å². The Hall–Kier alpha value is -1.30. The van der Waals surface area contributed by atoms with Crippen LogP contribution in [0.3, 0.4) is 0 Å². The third-order valence-corrected chi connectivity index (χ3v) is 1.86. The second-order valence-electron chi connectivity index (χ2n) is 2.99. The van der Waals surface area contributed by atoms with Gasteiger partial charge in [0.15, 0.2) is 0 Å². The summed E-state index contributed by atoms with van der Waals surface area (Å²) in [6.07, 6.45) is -3.40. The molecule has 0 aliphatic rings. The number of nitrogen functional groups attached to an aromatic ring is 1. The summed E-state index contributed by atoms with van der Waals surface area (Å²) < 4.78 is 36.7. The SMILES string of the molecule is Cc1cc(N)ncc1C(N)C(F)(F)F. The van der Waals surface area contributed by atoms with E-state index < -0.39 is 12.2 Å². The van der Waals surface area contributed by atoms with Gasteiger partial charge in [-0.2, -0.15) is 13.2 Å². The number of aryl methyl sites for hydroxylation is 1. The average molecular weight is 205 g/mol. The molecule has 0 aliphatic heterocycles. The van der Waals surface area contributed by atoms with Crippen LogP contribution in [0.5, 0.6) is 0 Å². The number of nitrogens with two attached hydrogens (primary N) is 2. The molecule has 0 aliphatic carbocycles. The molecule has 1 rings (SSSR count). The first-order chi connectivity index (χ1) is 6.32. The Bertz CT molecular complexity index is 335. The lowest BCUT2D eigenvalue weighted by molar-refractivity contribution is -0.149. The number of alkyl halides is 3. The lowest BCUT2D eigenvalue weighted by Crippen LogP contribution is -2.29. The van der Waals surface area contributed by atoms with E-state index in [1.54, 1.807) is 0 Å². The summed E-state index contributed by atoms with van der Waals surface area (Å²) in [6.45, 7) is 1.51. The zero-order valence-electron chi connectivity index (χ0n) is 7.47. The first-order valence-corrected chi connectivity index (χ1v) is 3.86. The number of rotatable bonds is 1. The standard InChI is InChI=1S/C8H10F3N3/c1-4-2-6(12)14-3-5(4)7(13)8(9,10)11/h2-3,7H,13H2,1H3,(H2,12,14). The van der Waals surface area contributed by atoms with Gasteiger partial charge in [-0.05, 0) is 24.1 Å². The normalized spacial score (nSPS) is 14.1. The van der Waals surface area contributed by atoms with Crippen LogP contribution >= 0.6 is 0 Å². The summed E-state index contributed by atoms with van der Waals surface area (Å²) >= 11 is 0. The number of halogens is 3. The van der Waals surface area contributed by atoms with Crippen LogP contribution in [0.4, 0.5) is 19.0 Å². The van der Waals surface area contributed by atoms with E-state index >= 15 is 0 Å². The number of anilines is 1. The highest BCUT2D eigenvalue weighted by Crippen LogP contribution is 2.31. The minimum Gasteiger partial charge on any atom is -0.384 e. The van der Waals surface area contributed by atoms with Crippen LogP contribution in [-0.4, -0.2) is 11.2 Å². The Morgan fingerprint density at radius 1 is 1.43 bits per heavy atom. The quantitative estimate of drug-likeness (QED) is 0.730. The summed E-state index contributed by atoms with van der Waals surface area (Å²) in [4.78, 5) is 3.57. The fourth-order valence-corrected chi connectivity index (χ4v) is 1.09. The molecule has 14 heavy (non-hydrogen) atoms. The third kappa shape index (κ3) is 2.14. The molecule has 6 heteroatoms. The number of pyridine rings is 1. The molecular weight excluding hydrogens is 195 g/mol. The molecule has 0 fully saturated rings. The average Bonchev–Trinajstić information content (AvgIpc) is 2.01. The predicted octanol–water partition coefficient (Wildman–Crippen LogP) is 1.53. The maximum atomic E-state index is 12.2. The molecule has 0 saturated heterocycles. The van der Waals surface area contributed by atoms with E-state index in [1.807, 2.05) is 0 Å². The zero-order chi connectivity index (χ0) is 10.9. The Labute approximate surface area is 78.9 Å². The van der Waals surface area contributed by atoms with Gasteiger partial charge in [-0.1, -0.05) is 0 Å². The van der Waals surface area contributed by atoms with Crippen molar-refractivity contribution in [2.75, 3.05) is 5.73 Å². The molecule has 0 spiro atoms. The van der Waals surface area contributed by atoms with Crippen molar-refractivity contribution in [1.82, 2.24) is 4.98 Å².